The number of carbonyl (C=O) groups is 1. The van der Waals surface area contributed by atoms with Gasteiger partial charge in [-0.3, -0.25) is 4.79 Å². The van der Waals surface area contributed by atoms with Crippen molar-refractivity contribution in [2.75, 3.05) is 0 Å². The Morgan fingerprint density at radius 3 is 3.00 bits per heavy atom. The van der Waals surface area contributed by atoms with Crippen molar-refractivity contribution in [2.24, 2.45) is 29.1 Å². The topological polar surface area (TPSA) is 17.1 Å². The highest BCUT2D eigenvalue weighted by Crippen LogP contribution is 2.74. The Morgan fingerprint density at radius 1 is 1.17 bits per heavy atom. The second-order valence-electron chi connectivity index (χ2n) is 5.56. The van der Waals surface area contributed by atoms with Crippen LogP contribution >= 0.6 is 0 Å². The van der Waals surface area contributed by atoms with Crippen LogP contribution < -0.4 is 0 Å². The molecule has 64 valence electrons. The van der Waals surface area contributed by atoms with E-state index in [-0.39, 0.29) is 0 Å². The van der Waals surface area contributed by atoms with E-state index in [0.29, 0.717) is 23.0 Å². The van der Waals surface area contributed by atoms with Crippen LogP contribution in [0, 0.1) is 29.1 Å². The van der Waals surface area contributed by atoms with Crippen molar-refractivity contribution in [3.8, 4) is 0 Å². The molecule has 1 nitrogen and oxygen atoms in total. The first-order valence-electron chi connectivity index (χ1n) is 5.33. The van der Waals surface area contributed by atoms with Gasteiger partial charge in [0, 0.05) is 11.8 Å². The molecule has 4 saturated carbocycles. The maximum atomic E-state index is 11.8. The molecule has 1 heteroatoms. The Bertz CT molecular complexity index is 283. The summed E-state index contributed by atoms with van der Waals surface area (Å²) in [6.45, 7) is 0. The molecule has 1 spiro atoms. The lowest BCUT2D eigenvalue weighted by Gasteiger charge is -2.47. The van der Waals surface area contributed by atoms with Gasteiger partial charge < -0.3 is 0 Å². The SMILES string of the molecule is O=C1C2CC3CC4CC1C4(C3)C2. The van der Waals surface area contributed by atoms with Crippen molar-refractivity contribution in [3.05, 3.63) is 0 Å². The minimum absolute atomic E-state index is 0.515. The number of carbonyl (C=O) groups excluding carboxylic acids is 1. The van der Waals surface area contributed by atoms with Crippen LogP contribution in [0.15, 0.2) is 0 Å². The van der Waals surface area contributed by atoms with E-state index in [2.05, 4.69) is 0 Å². The molecule has 0 radical (unpaired) electrons. The van der Waals surface area contributed by atoms with Gasteiger partial charge in [-0.1, -0.05) is 0 Å². The van der Waals surface area contributed by atoms with Crippen molar-refractivity contribution in [1.29, 1.82) is 0 Å². The summed E-state index contributed by atoms with van der Waals surface area (Å²) in [5.41, 5.74) is 0.588. The van der Waals surface area contributed by atoms with Gasteiger partial charge in [0.2, 0.25) is 0 Å². The Morgan fingerprint density at radius 2 is 2.08 bits per heavy atom. The highest BCUT2D eigenvalue weighted by atomic mass is 16.1. The predicted octanol–water partition coefficient (Wildman–Crippen LogP) is 2.01. The summed E-state index contributed by atoms with van der Waals surface area (Å²) in [6, 6.07) is 0. The highest BCUT2D eigenvalue weighted by molar-refractivity contribution is 5.88. The summed E-state index contributed by atoms with van der Waals surface area (Å²) in [7, 11) is 0. The smallest absolute Gasteiger partial charge is 0.139 e. The van der Waals surface area contributed by atoms with Gasteiger partial charge in [0.05, 0.1) is 0 Å². The zero-order valence-corrected chi connectivity index (χ0v) is 7.25. The largest absolute Gasteiger partial charge is 0.299 e. The molecule has 3 bridgehead atoms. The van der Waals surface area contributed by atoms with E-state index in [1.807, 2.05) is 0 Å². The molecule has 0 amide bonds. The molecule has 0 aromatic rings. The molecular formula is C11H14O. The van der Waals surface area contributed by atoms with Gasteiger partial charge >= 0.3 is 0 Å². The van der Waals surface area contributed by atoms with Crippen LogP contribution in [0.5, 0.6) is 0 Å². The Hall–Kier alpha value is -0.330. The molecule has 12 heavy (non-hydrogen) atoms. The van der Waals surface area contributed by atoms with E-state index < -0.39 is 0 Å². The van der Waals surface area contributed by atoms with Crippen LogP contribution in [0.1, 0.15) is 32.1 Å². The number of rotatable bonds is 0. The average Bonchev–Trinajstić information content (AvgIpc) is 2.33. The Kier molecular flexibility index (Phi) is 0.779. The molecule has 4 aliphatic rings. The standard InChI is InChI=1S/C11H14O/c12-10-7-1-6-2-8-3-9(10)11(8,4-6)5-7/h6-9H,1-5H2. The molecule has 5 atom stereocenters. The second kappa shape index (κ2) is 1.51. The van der Waals surface area contributed by atoms with E-state index in [1.165, 1.54) is 32.1 Å². The first kappa shape index (κ1) is 6.17. The Balaban J connectivity index is 1.92. The molecule has 0 aromatic heterocycles. The quantitative estimate of drug-likeness (QED) is 0.532. The van der Waals surface area contributed by atoms with Crippen molar-refractivity contribution in [2.45, 2.75) is 32.1 Å². The van der Waals surface area contributed by atoms with Crippen LogP contribution in [0.3, 0.4) is 0 Å². The molecule has 4 rings (SSSR count). The molecule has 4 fully saturated rings. The number of hydrogen-bond donors (Lipinski definition) is 0. The lowest BCUT2D eigenvalue weighted by molar-refractivity contribution is -0.131. The van der Waals surface area contributed by atoms with Gasteiger partial charge in [0.1, 0.15) is 5.78 Å². The summed E-state index contributed by atoms with van der Waals surface area (Å²) in [4.78, 5) is 11.8. The molecule has 0 aromatic carbocycles. The zero-order valence-electron chi connectivity index (χ0n) is 7.25. The molecule has 4 aliphatic carbocycles. The molecule has 0 aliphatic heterocycles. The zero-order chi connectivity index (χ0) is 7.92. The van der Waals surface area contributed by atoms with E-state index in [4.69, 9.17) is 0 Å². The fourth-order valence-electron chi connectivity index (χ4n) is 4.96. The molecule has 5 unspecified atom stereocenters. The number of hydrogen-bond acceptors (Lipinski definition) is 1. The number of fused-ring (bicyclic) bond motifs is 2. The van der Waals surface area contributed by atoms with Gasteiger partial charge in [-0.25, -0.2) is 0 Å². The minimum atomic E-state index is 0.515. The van der Waals surface area contributed by atoms with E-state index in [1.54, 1.807) is 0 Å². The number of ketones is 1. The van der Waals surface area contributed by atoms with E-state index >= 15 is 0 Å². The summed E-state index contributed by atoms with van der Waals surface area (Å²) in [6.07, 6.45) is 6.71. The van der Waals surface area contributed by atoms with Gasteiger partial charge in [-0.2, -0.15) is 0 Å². The van der Waals surface area contributed by atoms with Gasteiger partial charge in [0.25, 0.3) is 0 Å². The summed E-state index contributed by atoms with van der Waals surface area (Å²) < 4.78 is 0. The maximum absolute atomic E-state index is 11.8. The first-order chi connectivity index (χ1) is 5.79. The monoisotopic (exact) mass is 162 g/mol. The van der Waals surface area contributed by atoms with Crippen molar-refractivity contribution in [1.82, 2.24) is 0 Å². The third-order valence-corrected chi connectivity index (χ3v) is 5.30. The van der Waals surface area contributed by atoms with Gasteiger partial charge in [0.15, 0.2) is 0 Å². The Labute approximate surface area is 72.5 Å². The minimum Gasteiger partial charge on any atom is -0.299 e. The summed E-state index contributed by atoms with van der Waals surface area (Å²) in [5, 5.41) is 0. The van der Waals surface area contributed by atoms with Crippen LogP contribution in [0.4, 0.5) is 0 Å². The average molecular weight is 162 g/mol. The lowest BCUT2D eigenvalue weighted by atomic mass is 9.56. The van der Waals surface area contributed by atoms with Crippen LogP contribution in [0.2, 0.25) is 0 Å². The van der Waals surface area contributed by atoms with Crippen molar-refractivity contribution in [3.63, 3.8) is 0 Å². The fourth-order valence-corrected chi connectivity index (χ4v) is 4.96. The first-order valence-corrected chi connectivity index (χ1v) is 5.33. The summed E-state index contributed by atoms with van der Waals surface area (Å²) >= 11 is 0. The lowest BCUT2D eigenvalue weighted by Crippen LogP contribution is -2.44. The molecule has 0 heterocycles. The van der Waals surface area contributed by atoms with Gasteiger partial charge in [-0.05, 0) is 49.4 Å². The molecule has 0 N–H and O–H groups in total. The fraction of sp³-hybridized carbons (Fsp3) is 0.909. The van der Waals surface area contributed by atoms with E-state index in [0.717, 1.165) is 11.8 Å². The number of Topliss-reactive ketones (excluding diaryl/α,β-unsaturated/α-hetero) is 1. The van der Waals surface area contributed by atoms with E-state index in [9.17, 15) is 4.79 Å². The van der Waals surface area contributed by atoms with Gasteiger partial charge in [-0.15, -0.1) is 0 Å². The predicted molar refractivity (Wildman–Crippen MR) is 44.5 cm³/mol. The van der Waals surface area contributed by atoms with Crippen molar-refractivity contribution < 1.29 is 4.79 Å². The maximum Gasteiger partial charge on any atom is 0.139 e. The highest BCUT2D eigenvalue weighted by Gasteiger charge is 2.70. The van der Waals surface area contributed by atoms with Crippen LogP contribution in [0.25, 0.3) is 0 Å². The van der Waals surface area contributed by atoms with Crippen LogP contribution in [-0.4, -0.2) is 5.78 Å². The normalized spacial score (nSPS) is 65.2. The third kappa shape index (κ3) is 0.419. The molecule has 0 saturated heterocycles. The summed E-state index contributed by atoms with van der Waals surface area (Å²) in [5.74, 6) is 3.64. The second-order valence-corrected chi connectivity index (χ2v) is 5.56. The van der Waals surface area contributed by atoms with Crippen LogP contribution in [-0.2, 0) is 4.79 Å². The third-order valence-electron chi connectivity index (χ3n) is 5.30. The van der Waals surface area contributed by atoms with Crippen molar-refractivity contribution >= 4 is 5.78 Å². The molecular weight excluding hydrogens is 148 g/mol.